The highest BCUT2D eigenvalue weighted by Gasteiger charge is 2.34. The molecule has 1 atom stereocenters. The maximum Gasteiger partial charge on any atom is 0.167 e. The fourth-order valence-corrected chi connectivity index (χ4v) is 3.88. The summed E-state index contributed by atoms with van der Waals surface area (Å²) < 4.78 is 22.1. The van der Waals surface area contributed by atoms with E-state index < -0.39 is 5.54 Å². The number of rotatable bonds is 4. The van der Waals surface area contributed by atoms with Crippen LogP contribution in [0.2, 0.25) is 0 Å². The van der Waals surface area contributed by atoms with Crippen molar-refractivity contribution >= 4 is 16.9 Å². The molecule has 1 aromatic carbocycles. The van der Waals surface area contributed by atoms with Crippen molar-refractivity contribution < 1.29 is 9.13 Å². The van der Waals surface area contributed by atoms with Crippen LogP contribution in [0.25, 0.3) is 28.0 Å². The van der Waals surface area contributed by atoms with Crippen LogP contribution < -0.4 is 4.90 Å². The Labute approximate surface area is 172 Å². The second-order valence-corrected chi connectivity index (χ2v) is 7.51. The Morgan fingerprint density at radius 2 is 2.13 bits per heavy atom. The van der Waals surface area contributed by atoms with Crippen LogP contribution >= 0.6 is 0 Å². The molecule has 0 bridgehead atoms. The van der Waals surface area contributed by atoms with Gasteiger partial charge in [0.1, 0.15) is 11.6 Å². The molecule has 1 saturated heterocycles. The van der Waals surface area contributed by atoms with Crippen LogP contribution in [0.4, 0.5) is 10.2 Å². The van der Waals surface area contributed by atoms with Gasteiger partial charge in [0.2, 0.25) is 0 Å². The minimum atomic E-state index is -0.426. The van der Waals surface area contributed by atoms with Crippen LogP contribution in [0.3, 0.4) is 0 Å². The molecule has 1 aliphatic rings. The molecule has 8 heteroatoms. The largest absolute Gasteiger partial charge is 0.377 e. The van der Waals surface area contributed by atoms with Crippen LogP contribution in [0, 0.1) is 5.82 Å². The van der Waals surface area contributed by atoms with E-state index in [-0.39, 0.29) is 5.82 Å². The number of aromatic amines is 1. The zero-order valence-corrected chi connectivity index (χ0v) is 16.5. The molecule has 0 unspecified atom stereocenters. The maximum atomic E-state index is 14.8. The fourth-order valence-electron chi connectivity index (χ4n) is 3.88. The number of nitrogens with zero attached hydrogens (tertiary/aromatic N) is 5. The van der Waals surface area contributed by atoms with Gasteiger partial charge in [0, 0.05) is 29.1 Å². The molecule has 7 nitrogen and oxygen atoms in total. The van der Waals surface area contributed by atoms with E-state index >= 15 is 0 Å². The smallest absolute Gasteiger partial charge is 0.167 e. The molecular weight excluding hydrogens is 383 g/mol. The number of anilines is 1. The van der Waals surface area contributed by atoms with Crippen molar-refractivity contribution in [3.8, 4) is 16.9 Å². The molecule has 0 saturated carbocycles. The summed E-state index contributed by atoms with van der Waals surface area (Å²) in [6.45, 7) is 7.79. The van der Waals surface area contributed by atoms with Gasteiger partial charge in [-0.1, -0.05) is 24.3 Å². The van der Waals surface area contributed by atoms with Gasteiger partial charge in [-0.3, -0.25) is 5.10 Å². The third kappa shape index (κ3) is 2.88. The van der Waals surface area contributed by atoms with Gasteiger partial charge in [0.05, 0.1) is 31.1 Å². The lowest BCUT2D eigenvalue weighted by Crippen LogP contribution is -2.54. The molecule has 4 aromatic rings. The fraction of sp³-hybridized carbons (Fsp3) is 0.227. The number of nitrogens with one attached hydrogen (secondary N) is 1. The Kier molecular flexibility index (Phi) is 4.36. The highest BCUT2D eigenvalue weighted by Crippen LogP contribution is 2.36. The van der Waals surface area contributed by atoms with E-state index in [1.807, 2.05) is 24.3 Å². The summed E-state index contributed by atoms with van der Waals surface area (Å²) in [6.07, 6.45) is 5.23. The summed E-state index contributed by atoms with van der Waals surface area (Å²) in [4.78, 5) is 7.08. The highest BCUT2D eigenvalue weighted by molar-refractivity contribution is 5.95. The summed E-state index contributed by atoms with van der Waals surface area (Å²) in [5, 5.41) is 12.2. The summed E-state index contributed by atoms with van der Waals surface area (Å²) in [7, 11) is 0. The summed E-state index contributed by atoms with van der Waals surface area (Å²) in [6, 6.07) is 10.5. The first-order valence-corrected chi connectivity index (χ1v) is 9.73. The van der Waals surface area contributed by atoms with Crippen molar-refractivity contribution in [3.05, 3.63) is 67.3 Å². The Hall–Kier alpha value is -3.52. The average molecular weight is 404 g/mol. The average Bonchev–Trinajstić information content (AvgIpc) is 3.43. The summed E-state index contributed by atoms with van der Waals surface area (Å²) in [5.41, 5.74) is 1.43. The first-order chi connectivity index (χ1) is 14.6. The number of morpholine rings is 1. The Morgan fingerprint density at radius 1 is 1.27 bits per heavy atom. The van der Waals surface area contributed by atoms with Gasteiger partial charge in [0.15, 0.2) is 11.5 Å². The topological polar surface area (TPSA) is 71.9 Å². The molecule has 1 N–H and O–H groups in total. The number of pyridine rings is 1. The lowest BCUT2D eigenvalue weighted by Gasteiger charge is -2.43. The molecule has 0 amide bonds. The lowest BCUT2D eigenvalue weighted by molar-refractivity contribution is 0.0746. The quantitative estimate of drug-likeness (QED) is 0.525. The molecule has 152 valence electrons. The van der Waals surface area contributed by atoms with Gasteiger partial charge in [0.25, 0.3) is 0 Å². The van der Waals surface area contributed by atoms with Crippen molar-refractivity contribution in [2.45, 2.75) is 12.5 Å². The van der Waals surface area contributed by atoms with E-state index in [1.54, 1.807) is 29.2 Å². The van der Waals surface area contributed by atoms with E-state index in [1.165, 1.54) is 6.07 Å². The Balaban J connectivity index is 1.79. The van der Waals surface area contributed by atoms with Crippen molar-refractivity contribution in [2.75, 3.05) is 24.7 Å². The minimum Gasteiger partial charge on any atom is -0.377 e. The minimum absolute atomic E-state index is 0.293. The van der Waals surface area contributed by atoms with Crippen LogP contribution in [0.5, 0.6) is 0 Å². The molecule has 5 rings (SSSR count). The first-order valence-electron chi connectivity index (χ1n) is 9.73. The number of halogens is 1. The molecule has 30 heavy (non-hydrogen) atoms. The molecule has 0 radical (unpaired) electrons. The second kappa shape index (κ2) is 7.07. The number of aromatic nitrogens is 5. The van der Waals surface area contributed by atoms with Crippen molar-refractivity contribution in [2.24, 2.45) is 0 Å². The zero-order chi connectivity index (χ0) is 20.7. The van der Waals surface area contributed by atoms with Crippen LogP contribution in [0.15, 0.2) is 61.4 Å². The normalized spacial score (nSPS) is 19.3. The maximum absolute atomic E-state index is 14.8. The van der Waals surface area contributed by atoms with Crippen LogP contribution in [-0.2, 0) is 4.74 Å². The van der Waals surface area contributed by atoms with E-state index in [0.29, 0.717) is 42.6 Å². The number of ether oxygens (including phenoxy) is 1. The summed E-state index contributed by atoms with van der Waals surface area (Å²) >= 11 is 0. The van der Waals surface area contributed by atoms with Gasteiger partial charge in [-0.2, -0.15) is 14.9 Å². The van der Waals surface area contributed by atoms with Crippen molar-refractivity contribution in [1.82, 2.24) is 25.0 Å². The third-order valence-corrected chi connectivity index (χ3v) is 5.59. The third-order valence-electron chi connectivity index (χ3n) is 5.59. The van der Waals surface area contributed by atoms with Gasteiger partial charge < -0.3 is 9.64 Å². The van der Waals surface area contributed by atoms with Gasteiger partial charge >= 0.3 is 0 Å². The first kappa shape index (κ1) is 18.5. The number of H-pyrrole nitrogens is 1. The second-order valence-electron chi connectivity index (χ2n) is 7.51. The van der Waals surface area contributed by atoms with Crippen LogP contribution in [0.1, 0.15) is 6.92 Å². The molecule has 0 aliphatic carbocycles. The SMILES string of the molecule is C=C[C@@]1(C)COCCN1c1cc(-c2ccccc2F)c2cnn(-c3ccn[nH]3)c2n1. The van der Waals surface area contributed by atoms with Gasteiger partial charge in [-0.25, -0.2) is 9.37 Å². The predicted octanol–water partition coefficient (Wildman–Crippen LogP) is 3.73. The Morgan fingerprint density at radius 3 is 2.90 bits per heavy atom. The van der Waals surface area contributed by atoms with Gasteiger partial charge in [-0.05, 0) is 19.1 Å². The van der Waals surface area contributed by atoms with E-state index in [2.05, 4.69) is 33.7 Å². The van der Waals surface area contributed by atoms with Crippen LogP contribution in [-0.4, -0.2) is 50.3 Å². The standard InChI is InChI=1S/C22H21FN6O/c1-3-22(2)14-30-11-10-28(22)20-12-16(15-6-4-5-7-18(15)23)17-13-25-29(21(17)26-20)19-8-9-24-27-19/h3-9,12-13H,1,10-11,14H2,2H3,(H,24,27)/t22-/m0/s1. The molecule has 4 heterocycles. The number of benzene rings is 1. The number of fused-ring (bicyclic) bond motifs is 1. The molecule has 1 fully saturated rings. The molecule has 3 aromatic heterocycles. The highest BCUT2D eigenvalue weighted by atomic mass is 19.1. The lowest BCUT2D eigenvalue weighted by atomic mass is 9.98. The van der Waals surface area contributed by atoms with Crippen molar-refractivity contribution in [3.63, 3.8) is 0 Å². The van der Waals surface area contributed by atoms with Gasteiger partial charge in [-0.15, -0.1) is 6.58 Å². The zero-order valence-electron chi connectivity index (χ0n) is 16.5. The number of hydrogen-bond acceptors (Lipinski definition) is 5. The summed E-state index contributed by atoms with van der Waals surface area (Å²) in [5.74, 6) is 1.11. The van der Waals surface area contributed by atoms with E-state index in [9.17, 15) is 4.39 Å². The van der Waals surface area contributed by atoms with Crippen molar-refractivity contribution in [1.29, 1.82) is 0 Å². The monoisotopic (exact) mass is 404 g/mol. The van der Waals surface area contributed by atoms with E-state index in [4.69, 9.17) is 9.72 Å². The molecule has 0 spiro atoms. The van der Waals surface area contributed by atoms with E-state index in [0.717, 1.165) is 10.9 Å². The predicted molar refractivity (Wildman–Crippen MR) is 113 cm³/mol. The molecular formula is C22H21FN6O. The molecule has 1 aliphatic heterocycles. The Bertz CT molecular complexity index is 1220. The number of hydrogen-bond donors (Lipinski definition) is 1.